The Morgan fingerprint density at radius 3 is 2.92 bits per heavy atom. The Morgan fingerprint density at radius 2 is 2.20 bits per heavy atom. The molecular formula is C20H24N2O3. The number of aromatic nitrogens is 1. The Labute approximate surface area is 148 Å². The number of ether oxygens (including phenoxy) is 1. The highest BCUT2D eigenvalue weighted by Gasteiger charge is 2.37. The van der Waals surface area contributed by atoms with Crippen LogP contribution in [0.1, 0.15) is 51.6 Å². The van der Waals surface area contributed by atoms with Gasteiger partial charge in [-0.2, -0.15) is 0 Å². The molecule has 0 bridgehead atoms. The van der Waals surface area contributed by atoms with Crippen LogP contribution in [0.2, 0.25) is 0 Å². The second kappa shape index (κ2) is 7.64. The van der Waals surface area contributed by atoms with E-state index < -0.39 is 0 Å². The topological polar surface area (TPSA) is 68.3 Å². The average molecular weight is 340 g/mol. The van der Waals surface area contributed by atoms with Gasteiger partial charge < -0.3 is 10.1 Å². The molecule has 1 unspecified atom stereocenters. The molecule has 1 aliphatic heterocycles. The number of carbonyl (C=O) groups excluding carboxylic acids is 2. The molecule has 0 aromatic carbocycles. The molecule has 3 rings (SSSR count). The van der Waals surface area contributed by atoms with Crippen LogP contribution in [0.4, 0.5) is 0 Å². The third-order valence-electron chi connectivity index (χ3n) is 4.77. The molecule has 1 aromatic rings. The summed E-state index contributed by atoms with van der Waals surface area (Å²) >= 11 is 0. The van der Waals surface area contributed by atoms with Gasteiger partial charge in [-0.3, -0.25) is 9.78 Å². The molecule has 1 aliphatic carbocycles. The number of ketones is 1. The van der Waals surface area contributed by atoms with E-state index in [1.807, 2.05) is 25.1 Å². The van der Waals surface area contributed by atoms with Crippen molar-refractivity contribution in [1.82, 2.24) is 10.3 Å². The van der Waals surface area contributed by atoms with E-state index in [1.54, 1.807) is 6.20 Å². The van der Waals surface area contributed by atoms with Gasteiger partial charge in [-0.05, 0) is 38.3 Å². The Hall–Kier alpha value is -2.43. The van der Waals surface area contributed by atoms with Crippen molar-refractivity contribution in [2.45, 2.75) is 52.6 Å². The van der Waals surface area contributed by atoms with Crippen LogP contribution >= 0.6 is 0 Å². The van der Waals surface area contributed by atoms with Crippen LogP contribution in [0.25, 0.3) is 0 Å². The standard InChI is InChI=1S/C20H24N2O3/c1-3-7-15-18(20(24)25-12-14-8-4-5-11-21-14)13(2)22-16-9-6-10-17(23)19(15)16/h4-5,8,11,15,22H,3,6-7,9-10,12H2,1-2H3. The zero-order valence-corrected chi connectivity index (χ0v) is 14.8. The summed E-state index contributed by atoms with van der Waals surface area (Å²) in [6.07, 6.45) is 5.66. The Balaban J connectivity index is 1.82. The lowest BCUT2D eigenvalue weighted by molar-refractivity contribution is -0.141. The number of nitrogens with zero attached hydrogens (tertiary/aromatic N) is 1. The lowest BCUT2D eigenvalue weighted by Gasteiger charge is -2.33. The first-order valence-corrected chi connectivity index (χ1v) is 8.92. The van der Waals surface area contributed by atoms with Crippen molar-refractivity contribution in [2.75, 3.05) is 0 Å². The molecule has 1 atom stereocenters. The second-order valence-corrected chi connectivity index (χ2v) is 6.57. The number of hydrogen-bond donors (Lipinski definition) is 1. The third kappa shape index (κ3) is 3.65. The van der Waals surface area contributed by atoms with Gasteiger partial charge in [0.15, 0.2) is 5.78 Å². The molecule has 5 nitrogen and oxygen atoms in total. The molecule has 25 heavy (non-hydrogen) atoms. The Morgan fingerprint density at radius 1 is 1.36 bits per heavy atom. The normalized spacial score (nSPS) is 20.2. The molecule has 0 saturated carbocycles. The number of rotatable bonds is 5. The van der Waals surface area contributed by atoms with Gasteiger partial charge in [-0.1, -0.05) is 19.4 Å². The summed E-state index contributed by atoms with van der Waals surface area (Å²) in [4.78, 5) is 29.4. The molecule has 2 heterocycles. The number of nitrogens with one attached hydrogen (secondary N) is 1. The van der Waals surface area contributed by atoms with E-state index in [1.165, 1.54) is 0 Å². The van der Waals surface area contributed by atoms with Gasteiger partial charge in [-0.15, -0.1) is 0 Å². The average Bonchev–Trinajstić information content (AvgIpc) is 2.61. The fourth-order valence-electron chi connectivity index (χ4n) is 3.67. The van der Waals surface area contributed by atoms with Gasteiger partial charge in [0, 0.05) is 35.5 Å². The summed E-state index contributed by atoms with van der Waals surface area (Å²) in [5, 5.41) is 3.29. The highest BCUT2D eigenvalue weighted by atomic mass is 16.5. The minimum Gasteiger partial charge on any atom is -0.456 e. The van der Waals surface area contributed by atoms with E-state index in [4.69, 9.17) is 4.74 Å². The zero-order chi connectivity index (χ0) is 17.8. The third-order valence-corrected chi connectivity index (χ3v) is 4.77. The largest absolute Gasteiger partial charge is 0.456 e. The number of dihydropyridines is 1. The summed E-state index contributed by atoms with van der Waals surface area (Å²) in [6, 6.07) is 5.51. The fraction of sp³-hybridized carbons (Fsp3) is 0.450. The van der Waals surface area contributed by atoms with Gasteiger partial charge in [0.25, 0.3) is 0 Å². The molecule has 0 spiro atoms. The van der Waals surface area contributed by atoms with Crippen molar-refractivity contribution in [3.05, 3.63) is 52.6 Å². The van der Waals surface area contributed by atoms with Crippen LogP contribution < -0.4 is 5.32 Å². The Bertz CT molecular complexity index is 735. The van der Waals surface area contributed by atoms with Crippen LogP contribution in [-0.4, -0.2) is 16.7 Å². The van der Waals surface area contributed by atoms with E-state index in [-0.39, 0.29) is 24.3 Å². The molecule has 2 aliphatic rings. The minimum atomic E-state index is -0.362. The summed E-state index contributed by atoms with van der Waals surface area (Å²) < 4.78 is 5.50. The quantitative estimate of drug-likeness (QED) is 0.832. The van der Waals surface area contributed by atoms with E-state index in [0.717, 1.165) is 42.7 Å². The molecule has 5 heteroatoms. The number of pyridine rings is 1. The number of esters is 1. The predicted octanol–water partition coefficient (Wildman–Crippen LogP) is 3.43. The van der Waals surface area contributed by atoms with Crippen LogP contribution in [0.15, 0.2) is 46.9 Å². The van der Waals surface area contributed by atoms with E-state index in [2.05, 4.69) is 17.2 Å². The lowest BCUT2D eigenvalue weighted by Crippen LogP contribution is -2.35. The van der Waals surface area contributed by atoms with Crippen LogP contribution in [0, 0.1) is 5.92 Å². The molecule has 0 fully saturated rings. The fourth-order valence-corrected chi connectivity index (χ4v) is 3.67. The first-order chi connectivity index (χ1) is 12.1. The van der Waals surface area contributed by atoms with Crippen LogP contribution in [0.3, 0.4) is 0 Å². The number of hydrogen-bond acceptors (Lipinski definition) is 5. The molecule has 1 N–H and O–H groups in total. The SMILES string of the molecule is CCCC1C(C(=O)OCc2ccccn2)=C(C)NC2=C1C(=O)CCC2. The lowest BCUT2D eigenvalue weighted by atomic mass is 9.76. The van der Waals surface area contributed by atoms with Gasteiger partial charge >= 0.3 is 5.97 Å². The maximum Gasteiger partial charge on any atom is 0.336 e. The zero-order valence-electron chi connectivity index (χ0n) is 14.8. The van der Waals surface area contributed by atoms with Gasteiger partial charge in [-0.25, -0.2) is 4.79 Å². The number of Topliss-reactive ketones (excluding diaryl/α,β-unsaturated/α-hetero) is 1. The van der Waals surface area contributed by atoms with Crippen molar-refractivity contribution in [2.24, 2.45) is 5.92 Å². The number of allylic oxidation sites excluding steroid dienone is 3. The van der Waals surface area contributed by atoms with Crippen molar-refractivity contribution in [3.8, 4) is 0 Å². The smallest absolute Gasteiger partial charge is 0.336 e. The molecule has 0 saturated heterocycles. The summed E-state index contributed by atoms with van der Waals surface area (Å²) in [5.41, 5.74) is 3.89. The highest BCUT2D eigenvalue weighted by molar-refractivity contribution is 6.02. The van der Waals surface area contributed by atoms with E-state index in [9.17, 15) is 9.59 Å². The maximum atomic E-state index is 12.8. The van der Waals surface area contributed by atoms with Crippen LogP contribution in [-0.2, 0) is 20.9 Å². The van der Waals surface area contributed by atoms with Crippen molar-refractivity contribution < 1.29 is 14.3 Å². The first-order valence-electron chi connectivity index (χ1n) is 8.92. The maximum absolute atomic E-state index is 12.8. The van der Waals surface area contributed by atoms with Gasteiger partial charge in [0.2, 0.25) is 0 Å². The van der Waals surface area contributed by atoms with E-state index >= 15 is 0 Å². The Kier molecular flexibility index (Phi) is 5.31. The first kappa shape index (κ1) is 17.4. The van der Waals surface area contributed by atoms with Crippen molar-refractivity contribution in [3.63, 3.8) is 0 Å². The molecule has 1 aromatic heterocycles. The summed E-state index contributed by atoms with van der Waals surface area (Å²) in [5.74, 6) is -0.362. The van der Waals surface area contributed by atoms with Crippen LogP contribution in [0.5, 0.6) is 0 Å². The summed E-state index contributed by atoms with van der Waals surface area (Å²) in [7, 11) is 0. The second-order valence-electron chi connectivity index (χ2n) is 6.57. The molecular weight excluding hydrogens is 316 g/mol. The van der Waals surface area contributed by atoms with Crippen molar-refractivity contribution >= 4 is 11.8 Å². The predicted molar refractivity (Wildman–Crippen MR) is 94.2 cm³/mol. The molecule has 0 radical (unpaired) electrons. The molecule has 132 valence electrons. The van der Waals surface area contributed by atoms with Gasteiger partial charge in [0.05, 0.1) is 11.3 Å². The number of carbonyl (C=O) groups is 2. The minimum absolute atomic E-state index is 0.134. The monoisotopic (exact) mass is 340 g/mol. The summed E-state index contributed by atoms with van der Waals surface area (Å²) in [6.45, 7) is 4.10. The molecule has 0 amide bonds. The van der Waals surface area contributed by atoms with Crippen molar-refractivity contribution in [1.29, 1.82) is 0 Å². The van der Waals surface area contributed by atoms with E-state index in [0.29, 0.717) is 17.7 Å². The highest BCUT2D eigenvalue weighted by Crippen LogP contribution is 2.38. The van der Waals surface area contributed by atoms with Gasteiger partial charge in [0.1, 0.15) is 6.61 Å².